The van der Waals surface area contributed by atoms with Crippen molar-refractivity contribution in [3.8, 4) is 0 Å². The van der Waals surface area contributed by atoms with E-state index < -0.39 is 5.60 Å². The Hall–Kier alpha value is -1.64. The number of rotatable bonds is 2. The SMILES string of the molecule is CCC1(c2ccc(F)cc2)CC(=O)C=CO1. The summed E-state index contributed by atoms with van der Waals surface area (Å²) < 4.78 is 18.4. The number of hydrogen-bond donors (Lipinski definition) is 0. The Balaban J connectivity index is 2.38. The van der Waals surface area contributed by atoms with Crippen molar-refractivity contribution in [1.82, 2.24) is 0 Å². The molecule has 1 atom stereocenters. The highest BCUT2D eigenvalue weighted by atomic mass is 19.1. The summed E-state index contributed by atoms with van der Waals surface area (Å²) in [5.41, 5.74) is 0.216. The zero-order valence-electron chi connectivity index (χ0n) is 9.07. The second-order valence-electron chi connectivity index (χ2n) is 3.92. The Morgan fingerprint density at radius 2 is 2.06 bits per heavy atom. The average molecular weight is 220 g/mol. The number of carbonyl (C=O) groups excluding carboxylic acids is 1. The fourth-order valence-corrected chi connectivity index (χ4v) is 1.96. The second kappa shape index (κ2) is 4.08. The highest BCUT2D eigenvalue weighted by Crippen LogP contribution is 2.36. The van der Waals surface area contributed by atoms with Crippen molar-refractivity contribution < 1.29 is 13.9 Å². The van der Waals surface area contributed by atoms with Crippen LogP contribution in [0.1, 0.15) is 25.3 Å². The number of ketones is 1. The molecule has 3 heteroatoms. The zero-order chi connectivity index (χ0) is 11.6. The molecule has 0 spiro atoms. The van der Waals surface area contributed by atoms with E-state index in [9.17, 15) is 9.18 Å². The van der Waals surface area contributed by atoms with Crippen LogP contribution in [0.15, 0.2) is 36.6 Å². The third kappa shape index (κ3) is 1.85. The molecule has 16 heavy (non-hydrogen) atoms. The van der Waals surface area contributed by atoms with Crippen LogP contribution in [-0.4, -0.2) is 5.78 Å². The molecule has 1 heterocycles. The van der Waals surface area contributed by atoms with E-state index in [4.69, 9.17) is 4.74 Å². The highest BCUT2D eigenvalue weighted by molar-refractivity contribution is 5.91. The van der Waals surface area contributed by atoms with Gasteiger partial charge in [0, 0.05) is 6.08 Å². The van der Waals surface area contributed by atoms with Crippen LogP contribution in [-0.2, 0) is 15.1 Å². The maximum Gasteiger partial charge on any atom is 0.163 e. The summed E-state index contributed by atoms with van der Waals surface area (Å²) in [5.74, 6) is -0.245. The summed E-state index contributed by atoms with van der Waals surface area (Å²) in [6.45, 7) is 1.95. The molecule has 1 aromatic carbocycles. The topological polar surface area (TPSA) is 26.3 Å². The molecule has 1 aliphatic rings. The number of allylic oxidation sites excluding steroid dienone is 1. The fraction of sp³-hybridized carbons (Fsp3) is 0.308. The lowest BCUT2D eigenvalue weighted by Gasteiger charge is -2.34. The quantitative estimate of drug-likeness (QED) is 0.766. The minimum Gasteiger partial charge on any atom is -0.490 e. The molecule has 0 bridgehead atoms. The van der Waals surface area contributed by atoms with Gasteiger partial charge in [-0.1, -0.05) is 19.1 Å². The lowest BCUT2D eigenvalue weighted by Crippen LogP contribution is -2.32. The summed E-state index contributed by atoms with van der Waals surface area (Å²) in [6, 6.07) is 6.12. The van der Waals surface area contributed by atoms with Gasteiger partial charge in [-0.2, -0.15) is 0 Å². The number of carbonyl (C=O) groups is 1. The van der Waals surface area contributed by atoms with Gasteiger partial charge in [0.05, 0.1) is 12.7 Å². The predicted molar refractivity (Wildman–Crippen MR) is 58.2 cm³/mol. The van der Waals surface area contributed by atoms with Crippen LogP contribution in [0.5, 0.6) is 0 Å². The fourth-order valence-electron chi connectivity index (χ4n) is 1.96. The maximum absolute atomic E-state index is 12.8. The van der Waals surface area contributed by atoms with Crippen LogP contribution in [0.2, 0.25) is 0 Å². The van der Waals surface area contributed by atoms with Crippen molar-refractivity contribution in [2.45, 2.75) is 25.4 Å². The van der Waals surface area contributed by atoms with Crippen LogP contribution in [0.25, 0.3) is 0 Å². The first-order chi connectivity index (χ1) is 7.66. The number of hydrogen-bond acceptors (Lipinski definition) is 2. The first-order valence-electron chi connectivity index (χ1n) is 5.29. The summed E-state index contributed by atoms with van der Waals surface area (Å²) >= 11 is 0. The molecule has 0 N–H and O–H groups in total. The zero-order valence-corrected chi connectivity index (χ0v) is 9.07. The van der Waals surface area contributed by atoms with Gasteiger partial charge in [0.25, 0.3) is 0 Å². The second-order valence-corrected chi connectivity index (χ2v) is 3.92. The lowest BCUT2D eigenvalue weighted by atomic mass is 9.85. The van der Waals surface area contributed by atoms with Crippen molar-refractivity contribution >= 4 is 5.78 Å². The Labute approximate surface area is 93.7 Å². The van der Waals surface area contributed by atoms with E-state index in [1.54, 1.807) is 12.1 Å². The van der Waals surface area contributed by atoms with Gasteiger partial charge in [-0.25, -0.2) is 4.39 Å². The Kier molecular flexibility index (Phi) is 2.77. The summed E-state index contributed by atoms with van der Waals surface area (Å²) in [7, 11) is 0. The van der Waals surface area contributed by atoms with E-state index in [1.165, 1.54) is 24.5 Å². The molecule has 0 radical (unpaired) electrons. The average Bonchev–Trinajstić information content (AvgIpc) is 2.29. The highest BCUT2D eigenvalue weighted by Gasteiger charge is 2.35. The predicted octanol–water partition coefficient (Wildman–Crippen LogP) is 2.93. The van der Waals surface area contributed by atoms with Crippen LogP contribution < -0.4 is 0 Å². The van der Waals surface area contributed by atoms with Crippen molar-refractivity contribution in [2.24, 2.45) is 0 Å². The molecule has 0 amide bonds. The van der Waals surface area contributed by atoms with Crippen molar-refractivity contribution in [3.05, 3.63) is 48.0 Å². The molecule has 0 aliphatic carbocycles. The van der Waals surface area contributed by atoms with Gasteiger partial charge >= 0.3 is 0 Å². The molecule has 0 saturated heterocycles. The smallest absolute Gasteiger partial charge is 0.163 e. The van der Waals surface area contributed by atoms with Gasteiger partial charge in [0.1, 0.15) is 11.4 Å². The normalized spacial score (nSPS) is 24.2. The van der Waals surface area contributed by atoms with Gasteiger partial charge in [-0.05, 0) is 24.1 Å². The molecule has 2 rings (SSSR count). The van der Waals surface area contributed by atoms with E-state index in [-0.39, 0.29) is 11.6 Å². The summed E-state index contributed by atoms with van der Waals surface area (Å²) in [6.07, 6.45) is 3.84. The molecular weight excluding hydrogens is 207 g/mol. The van der Waals surface area contributed by atoms with Gasteiger partial charge in [0.15, 0.2) is 5.78 Å². The third-order valence-corrected chi connectivity index (χ3v) is 2.95. The monoisotopic (exact) mass is 220 g/mol. The lowest BCUT2D eigenvalue weighted by molar-refractivity contribution is -0.123. The number of ether oxygens (including phenoxy) is 1. The summed E-state index contributed by atoms with van der Waals surface area (Å²) in [5, 5.41) is 0. The van der Waals surface area contributed by atoms with E-state index in [2.05, 4.69) is 0 Å². The maximum atomic E-state index is 12.8. The van der Waals surface area contributed by atoms with Crippen molar-refractivity contribution in [1.29, 1.82) is 0 Å². The van der Waals surface area contributed by atoms with Crippen LogP contribution in [0.4, 0.5) is 4.39 Å². The molecule has 0 fully saturated rings. The Morgan fingerprint density at radius 3 is 2.62 bits per heavy atom. The van der Waals surface area contributed by atoms with Gasteiger partial charge in [0.2, 0.25) is 0 Å². The van der Waals surface area contributed by atoms with Crippen molar-refractivity contribution in [3.63, 3.8) is 0 Å². The van der Waals surface area contributed by atoms with E-state index in [0.29, 0.717) is 12.8 Å². The molecule has 2 nitrogen and oxygen atoms in total. The first-order valence-corrected chi connectivity index (χ1v) is 5.29. The number of benzene rings is 1. The number of halogens is 1. The molecule has 1 aromatic rings. The Bertz CT molecular complexity index is 422. The Morgan fingerprint density at radius 1 is 1.38 bits per heavy atom. The van der Waals surface area contributed by atoms with Crippen LogP contribution in [0, 0.1) is 5.82 Å². The van der Waals surface area contributed by atoms with Gasteiger partial charge in [-0.3, -0.25) is 4.79 Å². The largest absolute Gasteiger partial charge is 0.490 e. The minimum atomic E-state index is -0.625. The van der Waals surface area contributed by atoms with Crippen LogP contribution >= 0.6 is 0 Å². The summed E-state index contributed by atoms with van der Waals surface area (Å²) in [4.78, 5) is 11.4. The van der Waals surface area contributed by atoms with Crippen LogP contribution in [0.3, 0.4) is 0 Å². The van der Waals surface area contributed by atoms with E-state index in [0.717, 1.165) is 5.56 Å². The molecule has 84 valence electrons. The van der Waals surface area contributed by atoms with Gasteiger partial charge in [-0.15, -0.1) is 0 Å². The minimum absolute atomic E-state index is 0.0393. The molecule has 0 saturated carbocycles. The molecule has 0 aromatic heterocycles. The third-order valence-electron chi connectivity index (χ3n) is 2.95. The van der Waals surface area contributed by atoms with E-state index in [1.807, 2.05) is 6.92 Å². The van der Waals surface area contributed by atoms with Gasteiger partial charge < -0.3 is 4.74 Å². The first kappa shape index (κ1) is 10.9. The molecule has 1 aliphatic heterocycles. The van der Waals surface area contributed by atoms with E-state index >= 15 is 0 Å². The molecule has 1 unspecified atom stereocenters. The van der Waals surface area contributed by atoms with Crippen molar-refractivity contribution in [2.75, 3.05) is 0 Å². The standard InChI is InChI=1S/C13H13FO2/c1-2-13(9-12(15)7-8-16-13)10-3-5-11(14)6-4-10/h3-8H,2,9H2,1H3. The molecular formula is C13H13FO2.